The van der Waals surface area contributed by atoms with Gasteiger partial charge in [-0.1, -0.05) is 6.07 Å². The van der Waals surface area contributed by atoms with E-state index in [1.807, 2.05) is 0 Å². The van der Waals surface area contributed by atoms with E-state index in [-0.39, 0.29) is 16.7 Å². The molecule has 1 aromatic heterocycles. The molecular weight excluding hydrogens is 393 g/mol. The predicted molar refractivity (Wildman–Crippen MR) is 99.9 cm³/mol. The minimum atomic E-state index is -4.45. The smallest absolute Gasteiger partial charge is 0.385 e. The van der Waals surface area contributed by atoms with Crippen molar-refractivity contribution in [3.05, 3.63) is 58.8 Å². The number of aromatic nitrogens is 1. The molecule has 5 nitrogen and oxygen atoms in total. The van der Waals surface area contributed by atoms with Gasteiger partial charge in [-0.25, -0.2) is 0 Å². The van der Waals surface area contributed by atoms with Crippen LogP contribution in [0.25, 0.3) is 11.8 Å². The third kappa shape index (κ3) is 4.31. The Labute approximate surface area is 163 Å². The molecule has 0 atom stereocenters. The third-order valence-corrected chi connectivity index (χ3v) is 5.02. The molecule has 28 heavy (non-hydrogen) atoms. The Kier molecular flexibility index (Phi) is 5.95. The molecule has 0 radical (unpaired) electrons. The minimum Gasteiger partial charge on any atom is -0.385 e. The van der Waals surface area contributed by atoms with E-state index in [0.29, 0.717) is 24.4 Å². The Morgan fingerprint density at radius 3 is 2.68 bits per heavy atom. The van der Waals surface area contributed by atoms with E-state index in [2.05, 4.69) is 0 Å². The maximum atomic E-state index is 13.0. The van der Waals surface area contributed by atoms with Gasteiger partial charge < -0.3 is 9.30 Å². The summed E-state index contributed by atoms with van der Waals surface area (Å²) < 4.78 is 45.4. The van der Waals surface area contributed by atoms with Crippen molar-refractivity contribution in [2.75, 3.05) is 20.3 Å². The lowest BCUT2D eigenvalue weighted by atomic mass is 10.2. The Morgan fingerprint density at radius 1 is 1.18 bits per heavy atom. The number of benzene rings is 1. The number of nitrogens with zero attached hydrogens (tertiary/aromatic N) is 2. The Balaban J connectivity index is 1.87. The van der Waals surface area contributed by atoms with Gasteiger partial charge in [0.1, 0.15) is 0 Å². The van der Waals surface area contributed by atoms with Gasteiger partial charge in [0.2, 0.25) is 0 Å². The molecule has 0 saturated carbocycles. The highest BCUT2D eigenvalue weighted by Gasteiger charge is 2.35. The van der Waals surface area contributed by atoms with Gasteiger partial charge in [0.25, 0.3) is 11.1 Å². The Bertz CT molecular complexity index is 921. The molecule has 0 bridgehead atoms. The van der Waals surface area contributed by atoms with Gasteiger partial charge in [0.15, 0.2) is 0 Å². The summed E-state index contributed by atoms with van der Waals surface area (Å²) in [5, 5.41) is -0.371. The Morgan fingerprint density at radius 2 is 1.96 bits per heavy atom. The lowest BCUT2D eigenvalue weighted by Gasteiger charge is -2.12. The first-order valence-electron chi connectivity index (χ1n) is 8.40. The fraction of sp³-hybridized carbons (Fsp3) is 0.263. The highest BCUT2D eigenvalue weighted by Crippen LogP contribution is 2.34. The van der Waals surface area contributed by atoms with Crippen molar-refractivity contribution in [1.29, 1.82) is 0 Å². The van der Waals surface area contributed by atoms with Crippen LogP contribution in [0.3, 0.4) is 0 Å². The van der Waals surface area contributed by atoms with Crippen molar-refractivity contribution in [3.8, 4) is 5.69 Å². The summed E-state index contributed by atoms with van der Waals surface area (Å²) in [7, 11) is 1.54. The van der Waals surface area contributed by atoms with E-state index in [9.17, 15) is 22.8 Å². The number of hydrogen-bond donors (Lipinski definition) is 0. The molecule has 2 amide bonds. The molecule has 1 aliphatic heterocycles. The second-order valence-corrected chi connectivity index (χ2v) is 7.02. The zero-order chi connectivity index (χ0) is 20.3. The quantitative estimate of drug-likeness (QED) is 0.517. The maximum Gasteiger partial charge on any atom is 0.416 e. The number of carbonyl (C=O) groups excluding carboxylic acids is 2. The first kappa shape index (κ1) is 20.2. The van der Waals surface area contributed by atoms with Gasteiger partial charge in [0, 0.05) is 37.8 Å². The fourth-order valence-corrected chi connectivity index (χ4v) is 3.62. The SMILES string of the molecule is COCCCN1C(=O)S/C(=C/c2cccn2-c2cccc(C(F)(F)F)c2)C1=O. The van der Waals surface area contributed by atoms with E-state index in [1.54, 1.807) is 24.4 Å². The molecule has 9 heteroatoms. The van der Waals surface area contributed by atoms with E-state index >= 15 is 0 Å². The van der Waals surface area contributed by atoms with Crippen molar-refractivity contribution in [2.24, 2.45) is 0 Å². The summed E-state index contributed by atoms with van der Waals surface area (Å²) in [5.74, 6) is -0.414. The average Bonchev–Trinajstić information content (AvgIpc) is 3.21. The largest absolute Gasteiger partial charge is 0.416 e. The van der Waals surface area contributed by atoms with Crippen LogP contribution < -0.4 is 0 Å². The van der Waals surface area contributed by atoms with Crippen LogP contribution in [-0.4, -0.2) is 40.9 Å². The number of methoxy groups -OCH3 is 1. The van der Waals surface area contributed by atoms with E-state index in [4.69, 9.17) is 4.74 Å². The summed E-state index contributed by atoms with van der Waals surface area (Å²) in [5.41, 5.74) is 0.0511. The topological polar surface area (TPSA) is 51.5 Å². The van der Waals surface area contributed by atoms with Crippen molar-refractivity contribution >= 4 is 29.0 Å². The van der Waals surface area contributed by atoms with Crippen LogP contribution in [-0.2, 0) is 15.7 Å². The van der Waals surface area contributed by atoms with E-state index in [1.165, 1.54) is 23.8 Å². The highest BCUT2D eigenvalue weighted by molar-refractivity contribution is 8.18. The van der Waals surface area contributed by atoms with Crippen molar-refractivity contribution in [1.82, 2.24) is 9.47 Å². The molecule has 3 rings (SSSR count). The van der Waals surface area contributed by atoms with Crippen molar-refractivity contribution in [3.63, 3.8) is 0 Å². The number of rotatable bonds is 6. The number of halogens is 3. The van der Waals surface area contributed by atoms with Crippen molar-refractivity contribution in [2.45, 2.75) is 12.6 Å². The molecule has 1 aromatic carbocycles. The van der Waals surface area contributed by atoms with Gasteiger partial charge in [0.05, 0.1) is 10.5 Å². The molecule has 0 aliphatic carbocycles. The number of alkyl halides is 3. The van der Waals surface area contributed by atoms with E-state index in [0.717, 1.165) is 28.8 Å². The summed E-state index contributed by atoms with van der Waals surface area (Å²) in [6.07, 6.45) is -0.803. The summed E-state index contributed by atoms with van der Waals surface area (Å²) in [4.78, 5) is 25.9. The molecular formula is C19H17F3N2O3S. The molecule has 148 valence electrons. The summed E-state index contributed by atoms with van der Waals surface area (Å²) in [6.45, 7) is 0.684. The molecule has 0 N–H and O–H groups in total. The first-order chi connectivity index (χ1) is 13.3. The monoisotopic (exact) mass is 410 g/mol. The second-order valence-electron chi connectivity index (χ2n) is 6.03. The van der Waals surface area contributed by atoms with Crippen LogP contribution in [0.1, 0.15) is 17.7 Å². The summed E-state index contributed by atoms with van der Waals surface area (Å²) >= 11 is 0.814. The normalized spacial score (nSPS) is 16.4. The van der Waals surface area contributed by atoms with Gasteiger partial charge in [-0.3, -0.25) is 14.5 Å². The number of carbonyl (C=O) groups is 2. The van der Waals surface area contributed by atoms with Gasteiger partial charge >= 0.3 is 6.18 Å². The highest BCUT2D eigenvalue weighted by atomic mass is 32.2. The van der Waals surface area contributed by atoms with Crippen LogP contribution in [0, 0.1) is 0 Å². The molecule has 1 aliphatic rings. The third-order valence-electron chi connectivity index (χ3n) is 4.11. The Hall–Kier alpha value is -2.52. The van der Waals surface area contributed by atoms with Gasteiger partial charge in [-0.05, 0) is 54.6 Å². The number of ether oxygens (including phenoxy) is 1. The standard InChI is InChI=1S/C19H17F3N2O3S/c1-27-10-4-9-24-17(25)16(28-18(24)26)12-15-7-3-8-23(15)14-6-2-5-13(11-14)19(20,21)22/h2-3,5-8,11-12H,4,9-10H2,1H3/b16-12+. The molecule has 2 aromatic rings. The van der Waals surface area contributed by atoms with Crippen LogP contribution >= 0.6 is 11.8 Å². The average molecular weight is 410 g/mol. The summed E-state index contributed by atoms with van der Waals surface area (Å²) in [6, 6.07) is 8.23. The first-order valence-corrected chi connectivity index (χ1v) is 9.22. The van der Waals surface area contributed by atoms with Crippen LogP contribution in [0.5, 0.6) is 0 Å². The number of imide groups is 1. The van der Waals surface area contributed by atoms with Crippen molar-refractivity contribution < 1.29 is 27.5 Å². The predicted octanol–water partition coefficient (Wildman–Crippen LogP) is 4.57. The van der Waals surface area contributed by atoms with Gasteiger partial charge in [-0.2, -0.15) is 13.2 Å². The van der Waals surface area contributed by atoms with Crippen LogP contribution in [0.4, 0.5) is 18.0 Å². The second kappa shape index (κ2) is 8.24. The molecule has 1 fully saturated rings. The lowest BCUT2D eigenvalue weighted by Crippen LogP contribution is -2.29. The van der Waals surface area contributed by atoms with Crippen LogP contribution in [0.2, 0.25) is 0 Å². The molecule has 0 spiro atoms. The molecule has 2 heterocycles. The number of amides is 2. The molecule has 0 unspecified atom stereocenters. The minimum absolute atomic E-state index is 0.231. The number of hydrogen-bond acceptors (Lipinski definition) is 4. The lowest BCUT2D eigenvalue weighted by molar-refractivity contribution is -0.137. The zero-order valence-electron chi connectivity index (χ0n) is 14.9. The van der Waals surface area contributed by atoms with E-state index < -0.39 is 17.6 Å². The molecule has 1 saturated heterocycles. The van der Waals surface area contributed by atoms with Crippen LogP contribution in [0.15, 0.2) is 47.5 Å². The zero-order valence-corrected chi connectivity index (χ0v) is 15.7. The number of thioether (sulfide) groups is 1. The van der Waals surface area contributed by atoms with Gasteiger partial charge in [-0.15, -0.1) is 0 Å². The maximum absolute atomic E-state index is 13.0. The fourth-order valence-electron chi connectivity index (χ4n) is 2.77.